The van der Waals surface area contributed by atoms with E-state index in [2.05, 4.69) is 4.99 Å². The molecule has 0 radical (unpaired) electrons. The van der Waals surface area contributed by atoms with Crippen LogP contribution in [-0.2, 0) is 4.79 Å². The first kappa shape index (κ1) is 21.6. The predicted molar refractivity (Wildman–Crippen MR) is 127 cm³/mol. The molecule has 31 heavy (non-hydrogen) atoms. The molecule has 0 aliphatic carbocycles. The van der Waals surface area contributed by atoms with Crippen molar-refractivity contribution in [2.24, 2.45) is 4.99 Å². The van der Waals surface area contributed by atoms with Crippen molar-refractivity contribution in [2.75, 3.05) is 13.7 Å². The summed E-state index contributed by atoms with van der Waals surface area (Å²) in [7, 11) is 1.62. The van der Waals surface area contributed by atoms with E-state index in [1.807, 2.05) is 67.6 Å². The smallest absolute Gasteiger partial charge is 0.266 e. The first-order chi connectivity index (χ1) is 15.1. The maximum absolute atomic E-state index is 12.8. The van der Waals surface area contributed by atoms with E-state index in [4.69, 9.17) is 20.8 Å². The highest BCUT2D eigenvalue weighted by Crippen LogP contribution is 2.36. The zero-order valence-corrected chi connectivity index (χ0v) is 19.3. The fraction of sp³-hybridized carbons (Fsp3) is 0.130. The van der Waals surface area contributed by atoms with Crippen LogP contribution in [0.2, 0.25) is 5.02 Å². The molecule has 1 aromatic heterocycles. The third kappa shape index (κ3) is 5.18. The molecular weight excluding hydrogens is 452 g/mol. The van der Waals surface area contributed by atoms with Crippen molar-refractivity contribution < 1.29 is 13.9 Å². The molecule has 0 saturated carbocycles. The van der Waals surface area contributed by atoms with E-state index in [1.165, 1.54) is 23.5 Å². The summed E-state index contributed by atoms with van der Waals surface area (Å²) in [6.07, 6.45) is 1.76. The molecule has 0 N–H and O–H groups in total. The van der Waals surface area contributed by atoms with E-state index in [1.54, 1.807) is 18.1 Å². The number of rotatable bonds is 6. The van der Waals surface area contributed by atoms with E-state index in [0.717, 1.165) is 21.4 Å². The first-order valence-corrected chi connectivity index (χ1v) is 11.5. The summed E-state index contributed by atoms with van der Waals surface area (Å²) < 4.78 is 11.1. The Bertz CT molecular complexity index is 1140. The van der Waals surface area contributed by atoms with Crippen LogP contribution in [-0.4, -0.2) is 29.6 Å². The maximum atomic E-state index is 12.8. The average Bonchev–Trinajstić information content (AvgIpc) is 3.34. The number of nitrogens with zero attached hydrogens (tertiary/aromatic N) is 2. The normalized spacial score (nSPS) is 16.5. The minimum absolute atomic E-state index is 0.0805. The topological polar surface area (TPSA) is 55.0 Å². The van der Waals surface area contributed by atoms with Gasteiger partial charge in [-0.2, -0.15) is 0 Å². The number of thioether (sulfide) groups is 1. The van der Waals surface area contributed by atoms with Crippen LogP contribution in [0.15, 0.2) is 85.0 Å². The second kappa shape index (κ2) is 9.68. The molecule has 2 aromatic carbocycles. The number of ether oxygens (including phenoxy) is 1. The molecule has 3 aromatic rings. The van der Waals surface area contributed by atoms with E-state index in [0.29, 0.717) is 27.4 Å². The number of likely N-dealkylation sites (N-methyl/N-ethyl adjacent to an activating group) is 1. The van der Waals surface area contributed by atoms with Crippen LogP contribution >= 0.6 is 35.1 Å². The van der Waals surface area contributed by atoms with E-state index in [9.17, 15) is 4.79 Å². The highest BCUT2D eigenvalue weighted by atomic mass is 35.5. The zero-order valence-electron chi connectivity index (χ0n) is 16.9. The van der Waals surface area contributed by atoms with Gasteiger partial charge in [-0.15, -0.1) is 0 Å². The lowest BCUT2D eigenvalue weighted by molar-refractivity contribution is -0.122. The van der Waals surface area contributed by atoms with Gasteiger partial charge in [-0.3, -0.25) is 9.69 Å². The van der Waals surface area contributed by atoms with Gasteiger partial charge in [0.15, 0.2) is 10.3 Å². The summed E-state index contributed by atoms with van der Waals surface area (Å²) in [5.41, 5.74) is 0.760. The number of amidine groups is 1. The predicted octanol–water partition coefficient (Wildman–Crippen LogP) is 6.72. The lowest BCUT2D eigenvalue weighted by atomic mass is 10.3. The lowest BCUT2D eigenvalue weighted by Gasteiger charge is -2.12. The highest BCUT2D eigenvalue weighted by molar-refractivity contribution is 8.18. The number of hydrogen-bond acceptors (Lipinski definition) is 6. The van der Waals surface area contributed by atoms with Crippen LogP contribution < -0.4 is 4.74 Å². The third-order valence-electron chi connectivity index (χ3n) is 4.41. The van der Waals surface area contributed by atoms with Crippen LogP contribution in [0.1, 0.15) is 12.7 Å². The number of benzene rings is 2. The molecule has 8 heteroatoms. The number of aliphatic imine (C=N–C) groups is 1. The van der Waals surface area contributed by atoms with Crippen molar-refractivity contribution in [2.45, 2.75) is 16.9 Å². The van der Waals surface area contributed by atoms with Crippen molar-refractivity contribution in [3.05, 3.63) is 76.4 Å². The number of methoxy groups -OCH3 is 1. The number of hydrogen-bond donors (Lipinski definition) is 0. The Morgan fingerprint density at radius 2 is 1.87 bits per heavy atom. The molecule has 1 aliphatic heterocycles. The number of carbonyl (C=O) groups excluding carboxylic acids is 1. The summed E-state index contributed by atoms with van der Waals surface area (Å²) in [4.78, 5) is 20.7. The molecule has 4 rings (SSSR count). The van der Waals surface area contributed by atoms with Gasteiger partial charge in [0.2, 0.25) is 0 Å². The first-order valence-electron chi connectivity index (χ1n) is 9.53. The van der Waals surface area contributed by atoms with Crippen LogP contribution in [0, 0.1) is 0 Å². The molecule has 5 nitrogen and oxygen atoms in total. The lowest BCUT2D eigenvalue weighted by Crippen LogP contribution is -2.28. The van der Waals surface area contributed by atoms with E-state index < -0.39 is 0 Å². The van der Waals surface area contributed by atoms with Crippen LogP contribution in [0.5, 0.6) is 5.75 Å². The molecule has 0 atom stereocenters. The van der Waals surface area contributed by atoms with Gasteiger partial charge in [0, 0.05) is 22.5 Å². The Labute approximate surface area is 194 Å². The molecule has 0 spiro atoms. The Morgan fingerprint density at radius 3 is 2.55 bits per heavy atom. The van der Waals surface area contributed by atoms with Crippen LogP contribution in [0.3, 0.4) is 0 Å². The van der Waals surface area contributed by atoms with E-state index in [-0.39, 0.29) is 5.91 Å². The van der Waals surface area contributed by atoms with Gasteiger partial charge in [-0.25, -0.2) is 4.99 Å². The number of carbonyl (C=O) groups is 1. The molecule has 1 aliphatic rings. The molecule has 1 fully saturated rings. The van der Waals surface area contributed by atoms with E-state index >= 15 is 0 Å². The average molecular weight is 471 g/mol. The van der Waals surface area contributed by atoms with Gasteiger partial charge in [0.1, 0.15) is 11.5 Å². The summed E-state index contributed by atoms with van der Waals surface area (Å²) in [6.45, 7) is 2.46. The van der Waals surface area contributed by atoms with Gasteiger partial charge in [0.05, 0.1) is 17.7 Å². The summed E-state index contributed by atoms with van der Waals surface area (Å²) in [6, 6.07) is 18.7. The van der Waals surface area contributed by atoms with Gasteiger partial charge < -0.3 is 9.15 Å². The standard InChI is InChI=1S/C23H19ClN2O3S2/c1-3-26-22(27)20(31-23(26)25-16-6-8-17(28-2)9-7-16)14-18-10-13-21(29-18)30-19-11-4-15(24)5-12-19/h4-14H,3H2,1-2H3/b20-14+,25-23?. The molecule has 1 saturated heterocycles. The second-order valence-electron chi connectivity index (χ2n) is 6.47. The minimum Gasteiger partial charge on any atom is -0.497 e. The maximum Gasteiger partial charge on any atom is 0.266 e. The van der Waals surface area contributed by atoms with Crippen LogP contribution in [0.25, 0.3) is 6.08 Å². The SMILES string of the molecule is CCN1C(=O)/C(=C\c2ccc(Sc3ccc(Cl)cc3)o2)SC1=Nc1ccc(OC)cc1. The number of furan rings is 1. The van der Waals surface area contributed by atoms with Crippen molar-refractivity contribution in [1.82, 2.24) is 4.90 Å². The van der Waals surface area contributed by atoms with Crippen molar-refractivity contribution in [3.8, 4) is 5.75 Å². The molecule has 158 valence electrons. The van der Waals surface area contributed by atoms with Crippen molar-refractivity contribution in [3.63, 3.8) is 0 Å². The largest absolute Gasteiger partial charge is 0.497 e. The minimum atomic E-state index is -0.0805. The molecule has 1 amide bonds. The zero-order chi connectivity index (χ0) is 21.8. The van der Waals surface area contributed by atoms with Crippen LogP contribution in [0.4, 0.5) is 5.69 Å². The Hall–Kier alpha value is -2.61. The summed E-state index contributed by atoms with van der Waals surface area (Å²) in [5, 5.41) is 2.08. The number of halogens is 1. The number of amides is 1. The molecule has 2 heterocycles. The molecule has 0 bridgehead atoms. The van der Waals surface area contributed by atoms with Gasteiger partial charge in [-0.05, 0) is 79.3 Å². The second-order valence-corrected chi connectivity index (χ2v) is 8.99. The molecular formula is C23H19ClN2O3S2. The van der Waals surface area contributed by atoms with Gasteiger partial charge in [0.25, 0.3) is 5.91 Å². The quantitative estimate of drug-likeness (QED) is 0.374. The Balaban J connectivity index is 1.52. The third-order valence-corrected chi connectivity index (χ3v) is 6.60. The Morgan fingerprint density at radius 1 is 1.13 bits per heavy atom. The summed E-state index contributed by atoms with van der Waals surface area (Å²) >= 11 is 8.77. The van der Waals surface area contributed by atoms with Crippen molar-refractivity contribution >= 4 is 58.0 Å². The van der Waals surface area contributed by atoms with Crippen molar-refractivity contribution in [1.29, 1.82) is 0 Å². The van der Waals surface area contributed by atoms with Gasteiger partial charge >= 0.3 is 0 Å². The summed E-state index contributed by atoms with van der Waals surface area (Å²) in [5.74, 6) is 1.30. The fourth-order valence-electron chi connectivity index (χ4n) is 2.85. The highest BCUT2D eigenvalue weighted by Gasteiger charge is 2.32. The van der Waals surface area contributed by atoms with Gasteiger partial charge in [-0.1, -0.05) is 23.4 Å². The Kier molecular flexibility index (Phi) is 6.75. The molecule has 0 unspecified atom stereocenters. The fourth-order valence-corrected chi connectivity index (χ4v) is 4.80. The monoisotopic (exact) mass is 470 g/mol.